The fourth-order valence-electron chi connectivity index (χ4n) is 2.71. The van der Waals surface area contributed by atoms with Crippen molar-refractivity contribution < 1.29 is 17.9 Å². The van der Waals surface area contributed by atoms with E-state index >= 15 is 0 Å². The number of anilines is 1. The lowest BCUT2D eigenvalue weighted by Crippen LogP contribution is -2.32. The van der Waals surface area contributed by atoms with E-state index in [2.05, 4.69) is 5.10 Å². The second kappa shape index (κ2) is 5.77. The van der Waals surface area contributed by atoms with Crippen LogP contribution in [0, 0.1) is 0 Å². The minimum atomic E-state index is -4.46. The van der Waals surface area contributed by atoms with Gasteiger partial charge in [0.1, 0.15) is 12.4 Å². The van der Waals surface area contributed by atoms with Crippen LogP contribution in [-0.2, 0) is 26.3 Å². The van der Waals surface area contributed by atoms with E-state index < -0.39 is 11.9 Å². The van der Waals surface area contributed by atoms with E-state index in [0.717, 1.165) is 11.3 Å². The fraction of sp³-hybridized carbons (Fsp3) is 0.400. The first-order valence-corrected chi connectivity index (χ1v) is 7.19. The van der Waals surface area contributed by atoms with E-state index in [1.165, 1.54) is 17.9 Å². The molecular weight excluding hydrogens is 309 g/mol. The van der Waals surface area contributed by atoms with E-state index in [0.29, 0.717) is 25.4 Å². The zero-order valence-corrected chi connectivity index (χ0v) is 12.6. The Morgan fingerprint density at radius 3 is 2.83 bits per heavy atom. The van der Waals surface area contributed by atoms with Crippen molar-refractivity contribution in [1.29, 1.82) is 0 Å². The second-order valence-electron chi connectivity index (χ2n) is 5.45. The third kappa shape index (κ3) is 3.12. The summed E-state index contributed by atoms with van der Waals surface area (Å²) in [4.78, 5) is 1.87. The first-order chi connectivity index (χ1) is 10.9. The molecule has 0 amide bonds. The molecule has 1 aliphatic rings. The van der Waals surface area contributed by atoms with E-state index in [9.17, 15) is 13.2 Å². The molecule has 0 spiro atoms. The number of hydrogen-bond donors (Lipinski definition) is 1. The molecule has 1 aliphatic heterocycles. The molecule has 23 heavy (non-hydrogen) atoms. The molecule has 0 unspecified atom stereocenters. The van der Waals surface area contributed by atoms with E-state index in [4.69, 9.17) is 10.5 Å². The van der Waals surface area contributed by atoms with Crippen molar-refractivity contribution in [3.63, 3.8) is 0 Å². The molecular formula is C15H17F3N4O. The van der Waals surface area contributed by atoms with Crippen molar-refractivity contribution in [2.75, 3.05) is 18.1 Å². The third-order valence-electron chi connectivity index (χ3n) is 3.75. The van der Waals surface area contributed by atoms with Gasteiger partial charge in [-0.15, -0.1) is 0 Å². The van der Waals surface area contributed by atoms with Gasteiger partial charge in [-0.2, -0.15) is 18.3 Å². The molecule has 8 heteroatoms. The Morgan fingerprint density at radius 2 is 2.13 bits per heavy atom. The molecule has 2 heterocycles. The van der Waals surface area contributed by atoms with Gasteiger partial charge in [0.2, 0.25) is 0 Å². The van der Waals surface area contributed by atoms with Gasteiger partial charge in [0.15, 0.2) is 5.69 Å². The number of aryl methyl sites for hydroxylation is 1. The molecule has 5 nitrogen and oxygen atoms in total. The molecule has 2 aromatic rings. The van der Waals surface area contributed by atoms with Crippen LogP contribution in [0.2, 0.25) is 0 Å². The number of halogens is 3. The van der Waals surface area contributed by atoms with E-state index in [-0.39, 0.29) is 12.1 Å². The van der Waals surface area contributed by atoms with Gasteiger partial charge in [0, 0.05) is 31.9 Å². The highest BCUT2D eigenvalue weighted by Gasteiger charge is 2.37. The molecule has 0 saturated carbocycles. The lowest BCUT2D eigenvalue weighted by Gasteiger charge is -2.31. The second-order valence-corrected chi connectivity index (χ2v) is 5.45. The van der Waals surface area contributed by atoms with Crippen LogP contribution in [-0.4, -0.2) is 22.9 Å². The Labute approximate surface area is 131 Å². The standard InChI is InChI=1S/C15H17F3N4O/c1-21-8-11(14(20-21)15(16,17)18)9-22-4-5-23-13-6-10(7-19)2-3-12(13)22/h2-3,6,8H,4-5,7,9,19H2,1H3. The molecule has 2 N–H and O–H groups in total. The van der Waals surface area contributed by atoms with Crippen molar-refractivity contribution in [3.05, 3.63) is 41.2 Å². The van der Waals surface area contributed by atoms with Crippen molar-refractivity contribution in [3.8, 4) is 5.75 Å². The van der Waals surface area contributed by atoms with Crippen LogP contribution in [0.3, 0.4) is 0 Å². The molecule has 3 rings (SSSR count). The number of rotatable bonds is 3. The van der Waals surface area contributed by atoms with Crippen LogP contribution in [0.4, 0.5) is 18.9 Å². The van der Waals surface area contributed by atoms with Crippen LogP contribution >= 0.6 is 0 Å². The maximum atomic E-state index is 13.1. The average Bonchev–Trinajstić information content (AvgIpc) is 2.88. The Morgan fingerprint density at radius 1 is 1.35 bits per heavy atom. The molecule has 0 aliphatic carbocycles. The highest BCUT2D eigenvalue weighted by Crippen LogP contribution is 2.36. The van der Waals surface area contributed by atoms with Crippen LogP contribution < -0.4 is 15.4 Å². The number of nitrogens with two attached hydrogens (primary N) is 1. The number of ether oxygens (including phenoxy) is 1. The molecule has 1 aromatic carbocycles. The molecule has 0 fully saturated rings. The normalized spacial score (nSPS) is 14.6. The zero-order chi connectivity index (χ0) is 16.6. The van der Waals surface area contributed by atoms with Crippen molar-refractivity contribution >= 4 is 5.69 Å². The monoisotopic (exact) mass is 326 g/mol. The summed E-state index contributed by atoms with van der Waals surface area (Å²) in [5.74, 6) is 0.650. The predicted octanol–water partition coefficient (Wildman–Crippen LogP) is 2.30. The van der Waals surface area contributed by atoms with Gasteiger partial charge >= 0.3 is 6.18 Å². The lowest BCUT2D eigenvalue weighted by molar-refractivity contribution is -0.142. The van der Waals surface area contributed by atoms with Gasteiger partial charge in [0.25, 0.3) is 0 Å². The summed E-state index contributed by atoms with van der Waals surface area (Å²) >= 11 is 0. The number of nitrogens with zero attached hydrogens (tertiary/aromatic N) is 3. The summed E-state index contributed by atoms with van der Waals surface area (Å²) in [6, 6.07) is 5.52. The Bertz CT molecular complexity index is 711. The number of fused-ring (bicyclic) bond motifs is 1. The molecule has 0 bridgehead atoms. The molecule has 0 atom stereocenters. The number of alkyl halides is 3. The number of benzene rings is 1. The van der Waals surface area contributed by atoms with Crippen LogP contribution in [0.15, 0.2) is 24.4 Å². The third-order valence-corrected chi connectivity index (χ3v) is 3.75. The summed E-state index contributed by atoms with van der Waals surface area (Å²) in [6.45, 7) is 1.45. The summed E-state index contributed by atoms with van der Waals surface area (Å²) in [5, 5.41) is 3.55. The van der Waals surface area contributed by atoms with Crippen LogP contribution in [0.5, 0.6) is 5.75 Å². The summed E-state index contributed by atoms with van der Waals surface area (Å²) in [7, 11) is 1.49. The molecule has 1 aromatic heterocycles. The zero-order valence-electron chi connectivity index (χ0n) is 12.6. The summed E-state index contributed by atoms with van der Waals surface area (Å²) < 4.78 is 46.0. The summed E-state index contributed by atoms with van der Waals surface area (Å²) in [5.41, 5.74) is 6.60. The van der Waals surface area contributed by atoms with Gasteiger partial charge in [-0.3, -0.25) is 4.68 Å². The van der Waals surface area contributed by atoms with Gasteiger partial charge in [-0.25, -0.2) is 0 Å². The maximum Gasteiger partial charge on any atom is 0.435 e. The van der Waals surface area contributed by atoms with Crippen LogP contribution in [0.1, 0.15) is 16.8 Å². The van der Waals surface area contributed by atoms with E-state index in [1.807, 2.05) is 23.1 Å². The smallest absolute Gasteiger partial charge is 0.435 e. The largest absolute Gasteiger partial charge is 0.490 e. The number of aromatic nitrogens is 2. The first-order valence-electron chi connectivity index (χ1n) is 7.19. The highest BCUT2D eigenvalue weighted by atomic mass is 19.4. The Hall–Kier alpha value is -2.22. The SMILES string of the molecule is Cn1cc(CN2CCOc3cc(CN)ccc32)c(C(F)(F)F)n1. The average molecular weight is 326 g/mol. The lowest BCUT2D eigenvalue weighted by atomic mass is 10.1. The fourth-order valence-corrected chi connectivity index (χ4v) is 2.71. The molecule has 0 saturated heterocycles. The quantitative estimate of drug-likeness (QED) is 0.940. The Balaban J connectivity index is 1.91. The topological polar surface area (TPSA) is 56.3 Å². The van der Waals surface area contributed by atoms with Gasteiger partial charge in [-0.05, 0) is 17.7 Å². The van der Waals surface area contributed by atoms with Crippen molar-refractivity contribution in [2.24, 2.45) is 12.8 Å². The molecule has 124 valence electrons. The Kier molecular flexibility index (Phi) is 3.93. The first kappa shape index (κ1) is 15.7. The molecule has 0 radical (unpaired) electrons. The van der Waals surface area contributed by atoms with E-state index in [1.54, 1.807) is 0 Å². The predicted molar refractivity (Wildman–Crippen MR) is 79.1 cm³/mol. The van der Waals surface area contributed by atoms with Crippen molar-refractivity contribution in [2.45, 2.75) is 19.3 Å². The summed E-state index contributed by atoms with van der Waals surface area (Å²) in [6.07, 6.45) is -3.05. The van der Waals surface area contributed by atoms with Gasteiger partial charge in [-0.1, -0.05) is 6.07 Å². The maximum absolute atomic E-state index is 13.1. The number of hydrogen-bond acceptors (Lipinski definition) is 4. The highest BCUT2D eigenvalue weighted by molar-refractivity contribution is 5.61. The minimum absolute atomic E-state index is 0.126. The van der Waals surface area contributed by atoms with Gasteiger partial charge in [0.05, 0.1) is 12.2 Å². The van der Waals surface area contributed by atoms with Crippen LogP contribution in [0.25, 0.3) is 0 Å². The minimum Gasteiger partial charge on any atom is -0.490 e. The van der Waals surface area contributed by atoms with Crippen molar-refractivity contribution in [1.82, 2.24) is 9.78 Å². The van der Waals surface area contributed by atoms with Gasteiger partial charge < -0.3 is 15.4 Å².